The first-order valence-corrected chi connectivity index (χ1v) is 9.94. The summed E-state index contributed by atoms with van der Waals surface area (Å²) in [4.78, 5) is 28.5. The van der Waals surface area contributed by atoms with Crippen LogP contribution in [-0.4, -0.2) is 43.0 Å². The average Bonchev–Trinajstić information content (AvgIpc) is 3.55. The fourth-order valence-corrected chi connectivity index (χ4v) is 3.48. The van der Waals surface area contributed by atoms with E-state index in [1.54, 1.807) is 24.3 Å². The quantitative estimate of drug-likeness (QED) is 0.816. The fourth-order valence-electron chi connectivity index (χ4n) is 3.36. The summed E-state index contributed by atoms with van der Waals surface area (Å²) < 4.78 is 0. The van der Waals surface area contributed by atoms with Crippen molar-refractivity contribution in [2.75, 3.05) is 41.7 Å². The zero-order valence-corrected chi connectivity index (χ0v) is 16.3. The molecule has 0 radical (unpaired) electrons. The van der Waals surface area contributed by atoms with Gasteiger partial charge in [0.1, 0.15) is 0 Å². The number of urea groups is 1. The average molecular weight is 399 g/mol. The highest BCUT2D eigenvalue weighted by molar-refractivity contribution is 6.30. The summed E-state index contributed by atoms with van der Waals surface area (Å²) in [5, 5.41) is 6.22. The summed E-state index contributed by atoms with van der Waals surface area (Å²) in [6.45, 7) is 3.22. The van der Waals surface area contributed by atoms with E-state index in [2.05, 4.69) is 15.5 Å². The van der Waals surface area contributed by atoms with Crippen LogP contribution in [0.4, 0.5) is 21.9 Å². The van der Waals surface area contributed by atoms with E-state index in [0.29, 0.717) is 16.6 Å². The van der Waals surface area contributed by atoms with E-state index in [-0.39, 0.29) is 11.9 Å². The van der Waals surface area contributed by atoms with Crippen LogP contribution >= 0.6 is 11.6 Å². The Morgan fingerprint density at radius 2 is 1.36 bits per heavy atom. The Morgan fingerprint density at radius 1 is 0.821 bits per heavy atom. The number of hydrogen-bond acceptors (Lipinski definition) is 3. The lowest BCUT2D eigenvalue weighted by atomic mass is 10.2. The maximum Gasteiger partial charge on any atom is 0.323 e. The monoisotopic (exact) mass is 398 g/mol. The smallest absolute Gasteiger partial charge is 0.323 e. The molecule has 0 spiro atoms. The van der Waals surface area contributed by atoms with E-state index in [4.69, 9.17) is 11.6 Å². The van der Waals surface area contributed by atoms with Gasteiger partial charge in [-0.1, -0.05) is 11.6 Å². The van der Waals surface area contributed by atoms with Crippen LogP contribution in [0.25, 0.3) is 0 Å². The number of carbonyl (C=O) groups excluding carboxylic acids is 2. The molecular weight excluding hydrogens is 376 g/mol. The standard InChI is InChI=1S/C21H23ClN4O2/c22-16-3-5-17(6-4-16)23-21(28)24-18-7-9-19(10-8-18)25-11-13-26(14-12-25)20(27)15-1-2-15/h3-10,15H,1-2,11-14H2,(H2,23,24,28). The minimum Gasteiger partial charge on any atom is -0.368 e. The first-order chi connectivity index (χ1) is 13.6. The molecule has 2 fully saturated rings. The number of nitrogens with zero attached hydrogens (tertiary/aromatic N) is 2. The second kappa shape index (κ2) is 8.10. The predicted molar refractivity (Wildman–Crippen MR) is 112 cm³/mol. The van der Waals surface area contributed by atoms with Crippen molar-refractivity contribution in [2.24, 2.45) is 5.92 Å². The molecule has 0 atom stereocenters. The zero-order valence-electron chi connectivity index (χ0n) is 15.5. The van der Waals surface area contributed by atoms with Crippen molar-refractivity contribution in [3.63, 3.8) is 0 Å². The Labute approximate surface area is 169 Å². The van der Waals surface area contributed by atoms with Gasteiger partial charge in [0.15, 0.2) is 0 Å². The molecule has 0 unspecified atom stereocenters. The van der Waals surface area contributed by atoms with Gasteiger partial charge in [-0.2, -0.15) is 0 Å². The van der Waals surface area contributed by atoms with Gasteiger partial charge in [0.05, 0.1) is 0 Å². The van der Waals surface area contributed by atoms with Gasteiger partial charge in [-0.3, -0.25) is 4.79 Å². The molecule has 4 rings (SSSR count). The molecule has 1 saturated heterocycles. The molecule has 1 saturated carbocycles. The lowest BCUT2D eigenvalue weighted by molar-refractivity contribution is -0.132. The van der Waals surface area contributed by atoms with Crippen molar-refractivity contribution in [1.82, 2.24) is 4.90 Å². The van der Waals surface area contributed by atoms with Crippen LogP contribution in [0.5, 0.6) is 0 Å². The Hall–Kier alpha value is -2.73. The largest absolute Gasteiger partial charge is 0.368 e. The zero-order chi connectivity index (χ0) is 19.5. The summed E-state index contributed by atoms with van der Waals surface area (Å²) in [6, 6.07) is 14.4. The predicted octanol–water partition coefficient (Wildman–Crippen LogP) is 4.04. The number of benzene rings is 2. The van der Waals surface area contributed by atoms with Crippen LogP contribution in [0.1, 0.15) is 12.8 Å². The highest BCUT2D eigenvalue weighted by atomic mass is 35.5. The van der Waals surface area contributed by atoms with Crippen LogP contribution < -0.4 is 15.5 Å². The Kier molecular flexibility index (Phi) is 5.39. The number of hydrogen-bond donors (Lipinski definition) is 2. The summed E-state index contributed by atoms with van der Waals surface area (Å²) in [7, 11) is 0. The normalized spacial score (nSPS) is 16.6. The number of anilines is 3. The molecule has 3 amide bonds. The lowest BCUT2D eigenvalue weighted by Gasteiger charge is -2.36. The third-order valence-electron chi connectivity index (χ3n) is 5.11. The number of rotatable bonds is 4. The number of nitrogens with one attached hydrogen (secondary N) is 2. The SMILES string of the molecule is O=C(Nc1ccc(Cl)cc1)Nc1ccc(N2CCN(C(=O)C3CC3)CC2)cc1. The van der Waals surface area contributed by atoms with Crippen molar-refractivity contribution in [1.29, 1.82) is 0 Å². The van der Waals surface area contributed by atoms with Crippen molar-refractivity contribution in [3.8, 4) is 0 Å². The number of piperazine rings is 1. The molecule has 1 aliphatic heterocycles. The molecule has 1 aliphatic carbocycles. The van der Waals surface area contributed by atoms with Crippen LogP contribution in [0, 0.1) is 5.92 Å². The van der Waals surface area contributed by atoms with Gasteiger partial charge in [-0.25, -0.2) is 4.79 Å². The lowest BCUT2D eigenvalue weighted by Crippen LogP contribution is -2.49. The third kappa shape index (κ3) is 4.57. The summed E-state index contributed by atoms with van der Waals surface area (Å²) in [5.74, 6) is 0.613. The van der Waals surface area contributed by atoms with Crippen LogP contribution in [0.15, 0.2) is 48.5 Å². The molecular formula is C21H23ClN4O2. The van der Waals surface area contributed by atoms with Gasteiger partial charge in [-0.05, 0) is 61.4 Å². The first-order valence-electron chi connectivity index (χ1n) is 9.56. The topological polar surface area (TPSA) is 64.7 Å². The molecule has 1 heterocycles. The highest BCUT2D eigenvalue weighted by Crippen LogP contribution is 2.31. The van der Waals surface area contributed by atoms with Crippen molar-refractivity contribution in [2.45, 2.75) is 12.8 Å². The first kappa shape index (κ1) is 18.6. The Morgan fingerprint density at radius 3 is 1.89 bits per heavy atom. The van der Waals surface area contributed by atoms with Crippen molar-refractivity contribution in [3.05, 3.63) is 53.6 Å². The van der Waals surface area contributed by atoms with Crippen molar-refractivity contribution < 1.29 is 9.59 Å². The molecule has 28 heavy (non-hydrogen) atoms. The second-order valence-electron chi connectivity index (χ2n) is 7.22. The summed E-state index contributed by atoms with van der Waals surface area (Å²) >= 11 is 5.85. The molecule has 6 nitrogen and oxygen atoms in total. The van der Waals surface area contributed by atoms with Gasteiger partial charge in [0.25, 0.3) is 0 Å². The summed E-state index contributed by atoms with van der Waals surface area (Å²) in [5.41, 5.74) is 2.50. The van der Waals surface area contributed by atoms with E-state index >= 15 is 0 Å². The molecule has 2 aromatic carbocycles. The third-order valence-corrected chi connectivity index (χ3v) is 5.36. The van der Waals surface area contributed by atoms with Crippen LogP contribution in [0.3, 0.4) is 0 Å². The highest BCUT2D eigenvalue weighted by Gasteiger charge is 2.34. The van der Waals surface area contributed by atoms with E-state index in [9.17, 15) is 9.59 Å². The van der Waals surface area contributed by atoms with Gasteiger partial charge in [0.2, 0.25) is 5.91 Å². The number of halogens is 1. The molecule has 7 heteroatoms. The maximum absolute atomic E-state index is 12.2. The number of carbonyl (C=O) groups is 2. The van der Waals surface area contributed by atoms with E-state index in [1.165, 1.54) is 0 Å². The molecule has 0 aromatic heterocycles. The van der Waals surface area contributed by atoms with E-state index < -0.39 is 0 Å². The van der Waals surface area contributed by atoms with Gasteiger partial charge < -0.3 is 20.4 Å². The molecule has 2 N–H and O–H groups in total. The molecule has 2 aliphatic rings. The summed E-state index contributed by atoms with van der Waals surface area (Å²) in [6.07, 6.45) is 2.11. The minimum atomic E-state index is -0.303. The van der Waals surface area contributed by atoms with Crippen LogP contribution in [-0.2, 0) is 4.79 Å². The van der Waals surface area contributed by atoms with Gasteiger partial charge >= 0.3 is 6.03 Å². The van der Waals surface area contributed by atoms with Crippen LogP contribution in [0.2, 0.25) is 5.02 Å². The van der Waals surface area contributed by atoms with E-state index in [1.807, 2.05) is 29.2 Å². The van der Waals surface area contributed by atoms with Crippen molar-refractivity contribution >= 4 is 40.6 Å². The Bertz CT molecular complexity index is 842. The van der Waals surface area contributed by atoms with Gasteiger partial charge in [0, 0.05) is 54.2 Å². The number of amides is 3. The molecule has 2 aromatic rings. The fraction of sp³-hybridized carbons (Fsp3) is 0.333. The van der Waals surface area contributed by atoms with Gasteiger partial charge in [-0.15, -0.1) is 0 Å². The minimum absolute atomic E-state index is 0.288. The molecule has 0 bridgehead atoms. The van der Waals surface area contributed by atoms with E-state index in [0.717, 1.165) is 50.4 Å². The Balaban J connectivity index is 1.28. The second-order valence-corrected chi connectivity index (χ2v) is 7.66. The maximum atomic E-state index is 12.2. The molecule has 146 valence electrons.